The molecule has 1 fully saturated rings. The number of hydrogen-bond donors (Lipinski definition) is 1. The highest BCUT2D eigenvalue weighted by Crippen LogP contribution is 2.16. The van der Waals surface area contributed by atoms with Gasteiger partial charge in [0.25, 0.3) is 0 Å². The van der Waals surface area contributed by atoms with Crippen molar-refractivity contribution in [3.63, 3.8) is 0 Å². The molecule has 0 bridgehead atoms. The standard InChI is InChI=1S/C15H25N3O/c1-13-3-4-14(11-17-13)12-18-8-5-15(6-9-18)19-10-2-7-16/h3-4,11,15H,2,5-10,12,16H2,1H3. The van der Waals surface area contributed by atoms with Crippen LogP contribution in [0.25, 0.3) is 0 Å². The number of nitrogens with zero attached hydrogens (tertiary/aromatic N) is 2. The topological polar surface area (TPSA) is 51.4 Å². The molecule has 2 heterocycles. The molecule has 0 saturated carbocycles. The highest BCUT2D eigenvalue weighted by atomic mass is 16.5. The lowest BCUT2D eigenvalue weighted by molar-refractivity contribution is 0.00561. The van der Waals surface area contributed by atoms with Gasteiger partial charge < -0.3 is 10.5 Å². The van der Waals surface area contributed by atoms with Crippen molar-refractivity contribution in [2.45, 2.75) is 38.8 Å². The quantitative estimate of drug-likeness (QED) is 0.794. The van der Waals surface area contributed by atoms with Gasteiger partial charge >= 0.3 is 0 Å². The average Bonchev–Trinajstić information content (AvgIpc) is 2.44. The van der Waals surface area contributed by atoms with Crippen molar-refractivity contribution < 1.29 is 4.74 Å². The molecule has 1 aliphatic rings. The van der Waals surface area contributed by atoms with Gasteiger partial charge in [0.2, 0.25) is 0 Å². The third kappa shape index (κ3) is 4.90. The van der Waals surface area contributed by atoms with Crippen LogP contribution in [0.3, 0.4) is 0 Å². The highest BCUT2D eigenvalue weighted by molar-refractivity contribution is 5.13. The largest absolute Gasteiger partial charge is 0.378 e. The molecule has 0 radical (unpaired) electrons. The van der Waals surface area contributed by atoms with Gasteiger partial charge in [0.1, 0.15) is 0 Å². The van der Waals surface area contributed by atoms with Crippen molar-refractivity contribution in [1.82, 2.24) is 9.88 Å². The zero-order chi connectivity index (χ0) is 13.5. The molecule has 0 amide bonds. The number of ether oxygens (including phenoxy) is 1. The minimum Gasteiger partial charge on any atom is -0.378 e. The molecular formula is C15H25N3O. The first-order valence-corrected chi connectivity index (χ1v) is 7.23. The average molecular weight is 263 g/mol. The first-order chi connectivity index (χ1) is 9.28. The lowest BCUT2D eigenvalue weighted by atomic mass is 10.1. The van der Waals surface area contributed by atoms with Crippen LogP contribution in [0, 0.1) is 6.92 Å². The molecule has 0 spiro atoms. The lowest BCUT2D eigenvalue weighted by Gasteiger charge is -2.31. The van der Waals surface area contributed by atoms with Gasteiger partial charge in [0, 0.05) is 38.1 Å². The van der Waals surface area contributed by atoms with Crippen molar-refractivity contribution in [2.24, 2.45) is 5.73 Å². The van der Waals surface area contributed by atoms with Gasteiger partial charge in [-0.3, -0.25) is 9.88 Å². The number of nitrogens with two attached hydrogens (primary N) is 1. The molecule has 0 atom stereocenters. The van der Waals surface area contributed by atoms with Gasteiger partial charge in [0.05, 0.1) is 6.10 Å². The molecule has 4 heteroatoms. The first kappa shape index (κ1) is 14.4. The van der Waals surface area contributed by atoms with E-state index in [1.807, 2.05) is 13.1 Å². The second kappa shape index (κ2) is 7.58. The Labute approximate surface area is 116 Å². The monoisotopic (exact) mass is 263 g/mol. The smallest absolute Gasteiger partial charge is 0.0599 e. The van der Waals surface area contributed by atoms with Crippen LogP contribution in [0.5, 0.6) is 0 Å². The summed E-state index contributed by atoms with van der Waals surface area (Å²) >= 11 is 0. The van der Waals surface area contributed by atoms with Crippen molar-refractivity contribution in [1.29, 1.82) is 0 Å². The van der Waals surface area contributed by atoms with Crippen LogP contribution in [0.4, 0.5) is 0 Å². The van der Waals surface area contributed by atoms with Crippen LogP contribution in [0.2, 0.25) is 0 Å². The summed E-state index contributed by atoms with van der Waals surface area (Å²) in [6, 6.07) is 4.25. The maximum Gasteiger partial charge on any atom is 0.0599 e. The summed E-state index contributed by atoms with van der Waals surface area (Å²) in [6.07, 6.45) is 5.64. The van der Waals surface area contributed by atoms with E-state index in [0.29, 0.717) is 6.10 Å². The Morgan fingerprint density at radius 2 is 2.16 bits per heavy atom. The van der Waals surface area contributed by atoms with Gasteiger partial charge in [-0.05, 0) is 44.4 Å². The number of pyridine rings is 1. The Bertz CT molecular complexity index is 358. The lowest BCUT2D eigenvalue weighted by Crippen LogP contribution is -2.36. The predicted octanol–water partition coefficient (Wildman–Crippen LogP) is 1.72. The minimum atomic E-state index is 0.430. The van der Waals surface area contributed by atoms with E-state index >= 15 is 0 Å². The highest BCUT2D eigenvalue weighted by Gasteiger charge is 2.19. The van der Waals surface area contributed by atoms with Gasteiger partial charge in [-0.15, -0.1) is 0 Å². The summed E-state index contributed by atoms with van der Waals surface area (Å²) in [4.78, 5) is 6.83. The molecule has 0 aromatic carbocycles. The van der Waals surface area contributed by atoms with Crippen molar-refractivity contribution in [3.05, 3.63) is 29.6 Å². The van der Waals surface area contributed by atoms with E-state index in [-0.39, 0.29) is 0 Å². The summed E-state index contributed by atoms with van der Waals surface area (Å²) in [5.41, 5.74) is 7.85. The van der Waals surface area contributed by atoms with Crippen LogP contribution < -0.4 is 5.73 Å². The molecule has 0 unspecified atom stereocenters. The van der Waals surface area contributed by atoms with Crippen molar-refractivity contribution in [2.75, 3.05) is 26.2 Å². The molecule has 1 aromatic heterocycles. The molecule has 2 N–H and O–H groups in total. The van der Waals surface area contributed by atoms with E-state index in [9.17, 15) is 0 Å². The summed E-state index contributed by atoms with van der Waals surface area (Å²) in [6.45, 7) is 6.78. The number of aromatic nitrogens is 1. The third-order valence-electron chi connectivity index (χ3n) is 3.62. The number of piperidine rings is 1. The fourth-order valence-electron chi connectivity index (χ4n) is 2.42. The van der Waals surface area contributed by atoms with Crippen LogP contribution >= 0.6 is 0 Å². The summed E-state index contributed by atoms with van der Waals surface area (Å²) < 4.78 is 5.82. The van der Waals surface area contributed by atoms with Gasteiger partial charge in [0.15, 0.2) is 0 Å². The second-order valence-corrected chi connectivity index (χ2v) is 5.30. The Morgan fingerprint density at radius 1 is 1.37 bits per heavy atom. The number of likely N-dealkylation sites (tertiary alicyclic amines) is 1. The summed E-state index contributed by atoms with van der Waals surface area (Å²) in [5, 5.41) is 0. The fourth-order valence-corrected chi connectivity index (χ4v) is 2.42. The molecule has 2 rings (SSSR count). The number of aryl methyl sites for hydroxylation is 1. The summed E-state index contributed by atoms with van der Waals surface area (Å²) in [7, 11) is 0. The van der Waals surface area contributed by atoms with Crippen LogP contribution in [-0.4, -0.2) is 42.2 Å². The Kier molecular flexibility index (Phi) is 5.76. The first-order valence-electron chi connectivity index (χ1n) is 7.23. The van der Waals surface area contributed by atoms with E-state index in [2.05, 4.69) is 22.0 Å². The number of rotatable bonds is 6. The molecular weight excluding hydrogens is 238 g/mol. The van der Waals surface area contributed by atoms with Crippen molar-refractivity contribution in [3.8, 4) is 0 Å². The summed E-state index contributed by atoms with van der Waals surface area (Å²) in [5.74, 6) is 0. The van der Waals surface area contributed by atoms with E-state index in [0.717, 1.165) is 57.7 Å². The van der Waals surface area contributed by atoms with E-state index < -0.39 is 0 Å². The van der Waals surface area contributed by atoms with Crippen LogP contribution in [-0.2, 0) is 11.3 Å². The molecule has 1 aliphatic heterocycles. The molecule has 1 saturated heterocycles. The maximum absolute atomic E-state index is 5.82. The normalized spacial score (nSPS) is 17.8. The van der Waals surface area contributed by atoms with Gasteiger partial charge in [-0.25, -0.2) is 0 Å². The maximum atomic E-state index is 5.82. The van der Waals surface area contributed by atoms with Gasteiger partial charge in [-0.1, -0.05) is 6.07 Å². The van der Waals surface area contributed by atoms with Crippen LogP contribution in [0.1, 0.15) is 30.5 Å². The molecule has 106 valence electrons. The van der Waals surface area contributed by atoms with Crippen LogP contribution in [0.15, 0.2) is 18.3 Å². The third-order valence-corrected chi connectivity index (χ3v) is 3.62. The predicted molar refractivity (Wildman–Crippen MR) is 76.9 cm³/mol. The molecule has 1 aromatic rings. The molecule has 4 nitrogen and oxygen atoms in total. The number of hydrogen-bond acceptors (Lipinski definition) is 4. The SMILES string of the molecule is Cc1ccc(CN2CCC(OCCCN)CC2)cn1. The zero-order valence-corrected chi connectivity index (χ0v) is 11.8. The molecule has 19 heavy (non-hydrogen) atoms. The Balaban J connectivity index is 1.69. The fraction of sp³-hybridized carbons (Fsp3) is 0.667. The van der Waals surface area contributed by atoms with E-state index in [1.165, 1.54) is 5.56 Å². The van der Waals surface area contributed by atoms with Gasteiger partial charge in [-0.2, -0.15) is 0 Å². The van der Waals surface area contributed by atoms with E-state index in [1.54, 1.807) is 0 Å². The second-order valence-electron chi connectivity index (χ2n) is 5.30. The molecule has 0 aliphatic carbocycles. The Hall–Kier alpha value is -0.970. The Morgan fingerprint density at radius 3 is 2.79 bits per heavy atom. The van der Waals surface area contributed by atoms with Crippen molar-refractivity contribution >= 4 is 0 Å². The zero-order valence-electron chi connectivity index (χ0n) is 11.8. The van der Waals surface area contributed by atoms with E-state index in [4.69, 9.17) is 10.5 Å². The minimum absolute atomic E-state index is 0.430.